The highest BCUT2D eigenvalue weighted by Crippen LogP contribution is 1.92. The molecule has 14 heavy (non-hydrogen) atoms. The third kappa shape index (κ3) is 9.99. The van der Waals surface area contributed by atoms with Crippen molar-refractivity contribution in [2.75, 3.05) is 40.0 Å². The van der Waals surface area contributed by atoms with E-state index in [1.165, 1.54) is 0 Å². The van der Waals surface area contributed by atoms with E-state index in [1.54, 1.807) is 12.6 Å². The molecule has 0 spiro atoms. The molecule has 0 heterocycles. The Bertz CT molecular complexity index is 151. The molecule has 0 aliphatic heterocycles. The summed E-state index contributed by atoms with van der Waals surface area (Å²) in [6.45, 7) is 5.92. The molecule has 0 radical (unpaired) electrons. The van der Waals surface area contributed by atoms with Gasteiger partial charge in [0, 0.05) is 25.8 Å². The number of hydrogen-bond acceptors (Lipinski definition) is 3. The van der Waals surface area contributed by atoms with Crippen molar-refractivity contribution >= 4 is 11.6 Å². The number of nitrogens with one attached hydrogen (secondary N) is 1. The molecule has 0 atom stereocenters. The molecule has 84 valence electrons. The first-order valence-corrected chi connectivity index (χ1v) is 5.28. The van der Waals surface area contributed by atoms with E-state index < -0.39 is 0 Å². The van der Waals surface area contributed by atoms with Gasteiger partial charge in [0.15, 0.2) is 0 Å². The van der Waals surface area contributed by atoms with Crippen LogP contribution in [0.3, 0.4) is 0 Å². The Balaban J connectivity index is 2.99. The van der Waals surface area contributed by atoms with Crippen molar-refractivity contribution in [1.29, 1.82) is 0 Å². The molecule has 0 aliphatic carbocycles. The monoisotopic (exact) mass is 221 g/mol. The van der Waals surface area contributed by atoms with Gasteiger partial charge in [-0.15, -0.1) is 0 Å². The van der Waals surface area contributed by atoms with Gasteiger partial charge in [-0.05, 0) is 25.5 Å². The van der Waals surface area contributed by atoms with Gasteiger partial charge >= 0.3 is 0 Å². The van der Waals surface area contributed by atoms with E-state index in [2.05, 4.69) is 5.32 Å². The Kier molecular flexibility index (Phi) is 10.9. The van der Waals surface area contributed by atoms with Crippen LogP contribution >= 0.6 is 11.6 Å². The van der Waals surface area contributed by atoms with Crippen LogP contribution in [0.2, 0.25) is 0 Å². The summed E-state index contributed by atoms with van der Waals surface area (Å²) < 4.78 is 10.2. The van der Waals surface area contributed by atoms with Crippen LogP contribution in [-0.4, -0.2) is 40.0 Å². The predicted octanol–water partition coefficient (Wildman–Crippen LogP) is 1.77. The average Bonchev–Trinajstić information content (AvgIpc) is 2.21. The largest absolute Gasteiger partial charge is 0.382 e. The fourth-order valence-electron chi connectivity index (χ4n) is 0.868. The first-order chi connectivity index (χ1) is 6.81. The van der Waals surface area contributed by atoms with Gasteiger partial charge in [0.2, 0.25) is 0 Å². The van der Waals surface area contributed by atoms with Gasteiger partial charge in [0.1, 0.15) is 0 Å². The molecular formula is C10H20ClNO2. The van der Waals surface area contributed by atoms with Crippen molar-refractivity contribution in [3.63, 3.8) is 0 Å². The number of hydrogen-bond donors (Lipinski definition) is 1. The molecule has 4 heteroatoms. The maximum Gasteiger partial charge on any atom is 0.0700 e. The molecule has 0 aromatic rings. The lowest BCUT2D eigenvalue weighted by Crippen LogP contribution is -2.19. The minimum absolute atomic E-state index is 0.668. The normalized spacial score (nSPS) is 12.1. The molecule has 0 aromatic carbocycles. The zero-order chi connectivity index (χ0) is 10.6. The second-order valence-corrected chi connectivity index (χ2v) is 3.31. The van der Waals surface area contributed by atoms with Gasteiger partial charge in [-0.2, -0.15) is 0 Å². The molecule has 0 amide bonds. The zero-order valence-corrected chi connectivity index (χ0v) is 9.77. The van der Waals surface area contributed by atoms with E-state index in [4.69, 9.17) is 21.1 Å². The van der Waals surface area contributed by atoms with Crippen molar-refractivity contribution in [3.8, 4) is 0 Å². The highest BCUT2D eigenvalue weighted by Gasteiger charge is 1.90. The third-order valence-corrected chi connectivity index (χ3v) is 2.04. The van der Waals surface area contributed by atoms with E-state index in [9.17, 15) is 0 Å². The quantitative estimate of drug-likeness (QED) is 0.602. The van der Waals surface area contributed by atoms with Crippen LogP contribution in [-0.2, 0) is 9.47 Å². The van der Waals surface area contributed by atoms with Crippen molar-refractivity contribution in [3.05, 3.63) is 11.1 Å². The summed E-state index contributed by atoms with van der Waals surface area (Å²) >= 11 is 5.51. The average molecular weight is 222 g/mol. The number of halogens is 1. The van der Waals surface area contributed by atoms with Crippen LogP contribution in [0.4, 0.5) is 0 Å². The minimum atomic E-state index is 0.668. The second kappa shape index (κ2) is 11.0. The summed E-state index contributed by atoms with van der Waals surface area (Å²) in [6, 6.07) is 0. The molecule has 0 aliphatic rings. The molecule has 0 rings (SSSR count). The Morgan fingerprint density at radius 2 is 2.14 bits per heavy atom. The Morgan fingerprint density at radius 1 is 1.36 bits per heavy atom. The van der Waals surface area contributed by atoms with Crippen molar-refractivity contribution in [2.24, 2.45) is 0 Å². The second-order valence-electron chi connectivity index (χ2n) is 3.09. The molecule has 0 saturated carbocycles. The lowest BCUT2D eigenvalue weighted by molar-refractivity contribution is 0.0696. The van der Waals surface area contributed by atoms with Crippen LogP contribution in [0, 0.1) is 0 Å². The van der Waals surface area contributed by atoms with E-state index in [-0.39, 0.29) is 0 Å². The zero-order valence-electron chi connectivity index (χ0n) is 9.01. The summed E-state index contributed by atoms with van der Waals surface area (Å²) in [5.74, 6) is 0. The summed E-state index contributed by atoms with van der Waals surface area (Å²) in [7, 11) is 1.67. The smallest absolute Gasteiger partial charge is 0.0700 e. The van der Waals surface area contributed by atoms with E-state index in [1.807, 2.05) is 6.92 Å². The van der Waals surface area contributed by atoms with Crippen LogP contribution in [0.25, 0.3) is 0 Å². The van der Waals surface area contributed by atoms with Crippen LogP contribution in [0.5, 0.6) is 0 Å². The van der Waals surface area contributed by atoms with Crippen molar-refractivity contribution in [2.45, 2.75) is 13.3 Å². The Morgan fingerprint density at radius 3 is 2.79 bits per heavy atom. The summed E-state index contributed by atoms with van der Waals surface area (Å²) in [4.78, 5) is 0. The highest BCUT2D eigenvalue weighted by atomic mass is 35.5. The molecule has 0 saturated heterocycles. The van der Waals surface area contributed by atoms with Crippen LogP contribution in [0.1, 0.15) is 13.3 Å². The lowest BCUT2D eigenvalue weighted by Gasteiger charge is -2.05. The maximum atomic E-state index is 5.51. The Labute approximate surface area is 91.4 Å². The fraction of sp³-hybridized carbons (Fsp3) is 0.800. The topological polar surface area (TPSA) is 30.5 Å². The van der Waals surface area contributed by atoms with Gasteiger partial charge < -0.3 is 14.8 Å². The minimum Gasteiger partial charge on any atom is -0.382 e. The van der Waals surface area contributed by atoms with Crippen LogP contribution < -0.4 is 5.32 Å². The van der Waals surface area contributed by atoms with Gasteiger partial charge in [-0.25, -0.2) is 0 Å². The number of methoxy groups -OCH3 is 1. The molecule has 0 fully saturated rings. The molecule has 3 nitrogen and oxygen atoms in total. The summed E-state index contributed by atoms with van der Waals surface area (Å²) in [6.07, 6.45) is 1.01. The lowest BCUT2D eigenvalue weighted by atomic mass is 10.3. The van der Waals surface area contributed by atoms with E-state index in [0.717, 1.165) is 31.7 Å². The van der Waals surface area contributed by atoms with Gasteiger partial charge in [-0.3, -0.25) is 0 Å². The number of rotatable bonds is 9. The van der Waals surface area contributed by atoms with Crippen molar-refractivity contribution in [1.82, 2.24) is 5.32 Å². The van der Waals surface area contributed by atoms with Crippen LogP contribution in [0.15, 0.2) is 11.1 Å². The third-order valence-electron chi connectivity index (χ3n) is 1.66. The molecule has 1 N–H and O–H groups in total. The maximum absolute atomic E-state index is 5.51. The van der Waals surface area contributed by atoms with E-state index >= 15 is 0 Å². The molecular weight excluding hydrogens is 202 g/mol. The standard InChI is InChI=1S/C10H20ClNO2/c1-10(8-11)9-12-4-3-5-14-7-6-13-2/h8,12H,3-7,9H2,1-2H3. The first-order valence-electron chi connectivity index (χ1n) is 4.84. The molecule has 0 aromatic heterocycles. The molecule has 0 unspecified atom stereocenters. The SMILES string of the molecule is COCCOCCCNCC(C)=CCl. The van der Waals surface area contributed by atoms with Gasteiger partial charge in [-0.1, -0.05) is 11.6 Å². The molecule has 0 bridgehead atoms. The van der Waals surface area contributed by atoms with Gasteiger partial charge in [0.25, 0.3) is 0 Å². The first kappa shape index (κ1) is 13.9. The summed E-state index contributed by atoms with van der Waals surface area (Å²) in [5.41, 5.74) is 2.74. The summed E-state index contributed by atoms with van der Waals surface area (Å²) in [5, 5.41) is 3.26. The fourth-order valence-corrected chi connectivity index (χ4v) is 0.945. The van der Waals surface area contributed by atoms with Gasteiger partial charge in [0.05, 0.1) is 13.2 Å². The van der Waals surface area contributed by atoms with Crippen molar-refractivity contribution < 1.29 is 9.47 Å². The highest BCUT2D eigenvalue weighted by molar-refractivity contribution is 6.25. The Hall–Kier alpha value is -0.0900. The predicted molar refractivity (Wildman–Crippen MR) is 59.8 cm³/mol. The number of ether oxygens (including phenoxy) is 2. The van der Waals surface area contributed by atoms with E-state index in [0.29, 0.717) is 13.2 Å².